The Kier molecular flexibility index (Phi) is 2.81. The molecule has 0 fully saturated rings. The van der Waals surface area contributed by atoms with Crippen LogP contribution in [0.5, 0.6) is 0 Å². The third-order valence-electron chi connectivity index (χ3n) is 2.58. The molecule has 0 radical (unpaired) electrons. The molecule has 1 aliphatic carbocycles. The summed E-state index contributed by atoms with van der Waals surface area (Å²) in [5.74, 6) is 0. The van der Waals surface area contributed by atoms with Crippen LogP contribution < -0.4 is 0 Å². The van der Waals surface area contributed by atoms with E-state index in [0.717, 1.165) is 12.8 Å². The van der Waals surface area contributed by atoms with Crippen LogP contribution in [-0.4, -0.2) is 12.7 Å². The van der Waals surface area contributed by atoms with E-state index in [2.05, 4.69) is 30.3 Å². The SMILES string of the molecule is N#CCCOC1Cc2ccccc2C1. The van der Waals surface area contributed by atoms with E-state index in [-0.39, 0.29) is 0 Å². The number of nitriles is 1. The molecule has 2 nitrogen and oxygen atoms in total. The number of rotatable bonds is 3. The molecular formula is C12H13NO. The van der Waals surface area contributed by atoms with Gasteiger partial charge in [0.1, 0.15) is 0 Å². The fourth-order valence-electron chi connectivity index (χ4n) is 1.91. The van der Waals surface area contributed by atoms with Crippen molar-refractivity contribution in [3.05, 3.63) is 35.4 Å². The van der Waals surface area contributed by atoms with E-state index < -0.39 is 0 Å². The van der Waals surface area contributed by atoms with Crippen molar-refractivity contribution in [3.63, 3.8) is 0 Å². The van der Waals surface area contributed by atoms with Crippen molar-refractivity contribution < 1.29 is 4.74 Å². The summed E-state index contributed by atoms with van der Waals surface area (Å²) in [7, 11) is 0. The summed E-state index contributed by atoms with van der Waals surface area (Å²) in [6.07, 6.45) is 2.79. The predicted molar refractivity (Wildman–Crippen MR) is 53.8 cm³/mol. The second kappa shape index (κ2) is 4.26. The molecule has 2 heteroatoms. The first-order chi connectivity index (χ1) is 6.90. The summed E-state index contributed by atoms with van der Waals surface area (Å²) in [5, 5.41) is 8.38. The van der Waals surface area contributed by atoms with Gasteiger partial charge in [-0.05, 0) is 24.0 Å². The molecule has 0 atom stereocenters. The largest absolute Gasteiger partial charge is 0.376 e. The van der Waals surface area contributed by atoms with Gasteiger partial charge in [-0.3, -0.25) is 0 Å². The lowest BCUT2D eigenvalue weighted by Crippen LogP contribution is -2.13. The third-order valence-corrected chi connectivity index (χ3v) is 2.58. The van der Waals surface area contributed by atoms with Crippen LogP contribution in [0.15, 0.2) is 24.3 Å². The Hall–Kier alpha value is -1.33. The molecule has 0 N–H and O–H groups in total. The van der Waals surface area contributed by atoms with E-state index in [1.165, 1.54) is 11.1 Å². The van der Waals surface area contributed by atoms with Crippen molar-refractivity contribution in [1.29, 1.82) is 5.26 Å². The number of ether oxygens (including phenoxy) is 1. The summed E-state index contributed by atoms with van der Waals surface area (Å²) in [6.45, 7) is 0.565. The molecule has 0 aliphatic heterocycles. The predicted octanol–water partition coefficient (Wildman–Crippen LogP) is 2.08. The monoisotopic (exact) mass is 187 g/mol. The average molecular weight is 187 g/mol. The summed E-state index contributed by atoms with van der Waals surface area (Å²) in [6, 6.07) is 10.5. The number of hydrogen-bond acceptors (Lipinski definition) is 2. The molecule has 1 aromatic rings. The van der Waals surface area contributed by atoms with Crippen molar-refractivity contribution in [2.75, 3.05) is 6.61 Å². The Morgan fingerprint density at radius 2 is 1.93 bits per heavy atom. The Bertz CT molecular complexity index is 329. The highest BCUT2D eigenvalue weighted by Gasteiger charge is 2.20. The zero-order chi connectivity index (χ0) is 9.80. The van der Waals surface area contributed by atoms with Crippen molar-refractivity contribution in [2.45, 2.75) is 25.4 Å². The maximum Gasteiger partial charge on any atom is 0.0656 e. The summed E-state index contributed by atoms with van der Waals surface area (Å²) >= 11 is 0. The molecule has 1 aromatic carbocycles. The van der Waals surface area contributed by atoms with Crippen LogP contribution in [0.3, 0.4) is 0 Å². The maximum absolute atomic E-state index is 8.38. The van der Waals surface area contributed by atoms with Gasteiger partial charge in [0.2, 0.25) is 0 Å². The molecule has 2 rings (SSSR count). The van der Waals surface area contributed by atoms with Crippen LogP contribution >= 0.6 is 0 Å². The van der Waals surface area contributed by atoms with Crippen molar-refractivity contribution in [1.82, 2.24) is 0 Å². The molecule has 0 bridgehead atoms. The average Bonchev–Trinajstić information content (AvgIpc) is 2.60. The van der Waals surface area contributed by atoms with Crippen LogP contribution in [0.2, 0.25) is 0 Å². The molecule has 0 heterocycles. The topological polar surface area (TPSA) is 33.0 Å². The van der Waals surface area contributed by atoms with Gasteiger partial charge in [0.25, 0.3) is 0 Å². The highest BCUT2D eigenvalue weighted by molar-refractivity contribution is 5.32. The van der Waals surface area contributed by atoms with Gasteiger partial charge >= 0.3 is 0 Å². The van der Waals surface area contributed by atoms with E-state index in [1.54, 1.807) is 0 Å². The van der Waals surface area contributed by atoms with E-state index in [4.69, 9.17) is 10.00 Å². The van der Waals surface area contributed by atoms with Gasteiger partial charge in [-0.25, -0.2) is 0 Å². The lowest BCUT2D eigenvalue weighted by molar-refractivity contribution is 0.0648. The second-order valence-corrected chi connectivity index (χ2v) is 3.58. The highest BCUT2D eigenvalue weighted by Crippen LogP contribution is 2.23. The fraction of sp³-hybridized carbons (Fsp3) is 0.417. The summed E-state index contributed by atoms with van der Waals surface area (Å²) < 4.78 is 5.60. The number of fused-ring (bicyclic) bond motifs is 1. The molecule has 72 valence electrons. The van der Waals surface area contributed by atoms with E-state index >= 15 is 0 Å². The standard InChI is InChI=1S/C12H13NO/c13-6-3-7-14-12-8-10-4-1-2-5-11(10)9-12/h1-2,4-5,12H,3,7-9H2. The van der Waals surface area contributed by atoms with Crippen LogP contribution in [0, 0.1) is 11.3 Å². The fourth-order valence-corrected chi connectivity index (χ4v) is 1.91. The third kappa shape index (κ3) is 1.94. The zero-order valence-corrected chi connectivity index (χ0v) is 8.07. The molecule has 14 heavy (non-hydrogen) atoms. The first-order valence-corrected chi connectivity index (χ1v) is 4.95. The molecule has 0 spiro atoms. The van der Waals surface area contributed by atoms with Gasteiger partial charge in [0.15, 0.2) is 0 Å². The molecular weight excluding hydrogens is 174 g/mol. The lowest BCUT2D eigenvalue weighted by Gasteiger charge is -2.08. The van der Waals surface area contributed by atoms with Crippen molar-refractivity contribution in [3.8, 4) is 6.07 Å². The van der Waals surface area contributed by atoms with Crippen LogP contribution in [0.4, 0.5) is 0 Å². The first kappa shape index (κ1) is 9.23. The molecule has 0 unspecified atom stereocenters. The molecule has 0 amide bonds. The summed E-state index contributed by atoms with van der Waals surface area (Å²) in [5.41, 5.74) is 2.80. The van der Waals surface area contributed by atoms with Crippen LogP contribution in [-0.2, 0) is 17.6 Å². The highest BCUT2D eigenvalue weighted by atomic mass is 16.5. The Balaban J connectivity index is 1.89. The van der Waals surface area contributed by atoms with Gasteiger partial charge < -0.3 is 4.74 Å². The minimum absolute atomic E-state index is 0.292. The van der Waals surface area contributed by atoms with Crippen LogP contribution in [0.1, 0.15) is 17.5 Å². The van der Waals surface area contributed by atoms with E-state index in [1.807, 2.05) is 0 Å². The number of hydrogen-bond donors (Lipinski definition) is 0. The minimum Gasteiger partial charge on any atom is -0.376 e. The van der Waals surface area contributed by atoms with E-state index in [0.29, 0.717) is 19.1 Å². The smallest absolute Gasteiger partial charge is 0.0656 e. The van der Waals surface area contributed by atoms with Crippen LogP contribution in [0.25, 0.3) is 0 Å². The quantitative estimate of drug-likeness (QED) is 0.679. The molecule has 1 aliphatic rings. The Morgan fingerprint density at radius 1 is 1.29 bits per heavy atom. The maximum atomic E-state index is 8.38. The Morgan fingerprint density at radius 3 is 2.50 bits per heavy atom. The summed E-state index contributed by atoms with van der Waals surface area (Å²) in [4.78, 5) is 0. The lowest BCUT2D eigenvalue weighted by atomic mass is 10.1. The number of nitrogens with zero attached hydrogens (tertiary/aromatic N) is 1. The Labute approximate surface area is 84.1 Å². The van der Waals surface area contributed by atoms with E-state index in [9.17, 15) is 0 Å². The normalized spacial score (nSPS) is 15.1. The molecule has 0 saturated heterocycles. The van der Waals surface area contributed by atoms with Gasteiger partial charge in [0.05, 0.1) is 25.2 Å². The van der Waals surface area contributed by atoms with Crippen molar-refractivity contribution >= 4 is 0 Å². The number of benzene rings is 1. The molecule has 0 aromatic heterocycles. The minimum atomic E-state index is 0.292. The molecule has 0 saturated carbocycles. The second-order valence-electron chi connectivity index (χ2n) is 3.58. The zero-order valence-electron chi connectivity index (χ0n) is 8.07. The van der Waals surface area contributed by atoms with Gasteiger partial charge in [-0.15, -0.1) is 0 Å². The van der Waals surface area contributed by atoms with Crippen molar-refractivity contribution in [2.24, 2.45) is 0 Å². The van der Waals surface area contributed by atoms with Gasteiger partial charge in [-0.1, -0.05) is 24.3 Å². The first-order valence-electron chi connectivity index (χ1n) is 4.95. The van der Waals surface area contributed by atoms with Gasteiger partial charge in [0, 0.05) is 0 Å². The van der Waals surface area contributed by atoms with Gasteiger partial charge in [-0.2, -0.15) is 5.26 Å².